The van der Waals surface area contributed by atoms with Crippen LogP contribution in [0.1, 0.15) is 6.42 Å². The van der Waals surface area contributed by atoms with Crippen LogP contribution in [0.4, 0.5) is 0 Å². The van der Waals surface area contributed by atoms with Crippen LogP contribution in [0.15, 0.2) is 24.3 Å². The van der Waals surface area contributed by atoms with E-state index in [-0.39, 0.29) is 13.0 Å². The lowest BCUT2D eigenvalue weighted by Crippen LogP contribution is -2.30. The molecule has 0 unspecified atom stereocenters. The van der Waals surface area contributed by atoms with Gasteiger partial charge in [0.05, 0.1) is 19.3 Å². The van der Waals surface area contributed by atoms with Gasteiger partial charge in [-0.3, -0.25) is 9.52 Å². The molecule has 0 aliphatic rings. The summed E-state index contributed by atoms with van der Waals surface area (Å²) in [6, 6.07) is 6.65. The number of benzene rings is 1. The summed E-state index contributed by atoms with van der Waals surface area (Å²) in [6.07, 6.45) is 0.890. The number of halogens is 1. The van der Waals surface area contributed by atoms with E-state index >= 15 is 0 Å². The molecule has 1 aromatic carbocycles. The molecule has 0 aliphatic heterocycles. The third kappa shape index (κ3) is 6.13. The highest BCUT2D eigenvalue weighted by Gasteiger charge is 2.07. The van der Waals surface area contributed by atoms with E-state index < -0.39 is 15.9 Å². The Hall–Kier alpha value is -1.27. The van der Waals surface area contributed by atoms with Gasteiger partial charge in [0.15, 0.2) is 0 Å². The van der Waals surface area contributed by atoms with Crippen LogP contribution in [-0.4, -0.2) is 27.2 Å². The maximum Gasteiger partial charge on any atom is 0.236 e. The summed E-state index contributed by atoms with van der Waals surface area (Å²) < 4.78 is 28.5. The maximum atomic E-state index is 11.1. The highest BCUT2D eigenvalue weighted by molar-refractivity contribution is 7.89. The predicted octanol–water partition coefficient (Wildman–Crippen LogP) is 1.18. The lowest BCUT2D eigenvalue weighted by atomic mass is 10.3. The quantitative estimate of drug-likeness (QED) is 0.877. The zero-order valence-corrected chi connectivity index (χ0v) is 10.7. The van der Waals surface area contributed by atoms with Crippen molar-refractivity contribution in [3.63, 3.8) is 0 Å². The molecule has 0 saturated carbocycles. The predicted molar refractivity (Wildman–Crippen MR) is 64.6 cm³/mol. The number of rotatable bonds is 5. The standard InChI is InChI=1S/C10H12ClNO4S/c1-17(14,15)12-10(13)6-7-16-9-4-2-8(11)3-5-9/h2-5H,6-7H2,1H3,(H,12,13). The first-order valence-electron chi connectivity index (χ1n) is 4.76. The number of hydrogen-bond donors (Lipinski definition) is 1. The van der Waals surface area contributed by atoms with E-state index in [2.05, 4.69) is 0 Å². The Morgan fingerprint density at radius 3 is 2.47 bits per heavy atom. The van der Waals surface area contributed by atoms with Gasteiger partial charge in [-0.25, -0.2) is 8.42 Å². The van der Waals surface area contributed by atoms with Gasteiger partial charge in [-0.05, 0) is 24.3 Å². The lowest BCUT2D eigenvalue weighted by molar-refractivity contribution is -0.119. The molecule has 0 spiro atoms. The van der Waals surface area contributed by atoms with Crippen molar-refractivity contribution in [1.29, 1.82) is 0 Å². The second-order valence-electron chi connectivity index (χ2n) is 3.35. The Labute approximate surface area is 105 Å². The second kappa shape index (κ2) is 5.88. The first-order valence-corrected chi connectivity index (χ1v) is 7.03. The lowest BCUT2D eigenvalue weighted by Gasteiger charge is -2.06. The molecular weight excluding hydrogens is 266 g/mol. The minimum atomic E-state index is -3.50. The number of carbonyl (C=O) groups is 1. The van der Waals surface area contributed by atoms with E-state index in [1.54, 1.807) is 24.3 Å². The maximum absolute atomic E-state index is 11.1. The van der Waals surface area contributed by atoms with Crippen LogP contribution in [-0.2, 0) is 14.8 Å². The molecule has 17 heavy (non-hydrogen) atoms. The number of sulfonamides is 1. The van der Waals surface area contributed by atoms with Gasteiger partial charge < -0.3 is 4.74 Å². The van der Waals surface area contributed by atoms with Crippen LogP contribution in [0.3, 0.4) is 0 Å². The molecule has 94 valence electrons. The Balaban J connectivity index is 2.33. The van der Waals surface area contributed by atoms with Crippen molar-refractivity contribution < 1.29 is 17.9 Å². The summed E-state index contributed by atoms with van der Waals surface area (Å²) in [4.78, 5) is 11.1. The van der Waals surface area contributed by atoms with Gasteiger partial charge in [-0.15, -0.1) is 0 Å². The molecule has 0 heterocycles. The molecule has 5 nitrogen and oxygen atoms in total. The van der Waals surface area contributed by atoms with Crippen molar-refractivity contribution in [3.05, 3.63) is 29.3 Å². The van der Waals surface area contributed by atoms with Gasteiger partial charge in [0, 0.05) is 5.02 Å². The largest absolute Gasteiger partial charge is 0.493 e. The average molecular weight is 278 g/mol. The zero-order chi connectivity index (χ0) is 12.9. The van der Waals surface area contributed by atoms with Crippen LogP contribution in [0.2, 0.25) is 5.02 Å². The molecule has 0 aromatic heterocycles. The molecule has 1 N–H and O–H groups in total. The van der Waals surface area contributed by atoms with Crippen molar-refractivity contribution in [1.82, 2.24) is 4.72 Å². The average Bonchev–Trinajstić information content (AvgIpc) is 2.18. The van der Waals surface area contributed by atoms with Crippen molar-refractivity contribution in [2.45, 2.75) is 6.42 Å². The monoisotopic (exact) mass is 277 g/mol. The van der Waals surface area contributed by atoms with E-state index in [4.69, 9.17) is 16.3 Å². The summed E-state index contributed by atoms with van der Waals surface area (Å²) in [6.45, 7) is 0.100. The number of hydrogen-bond acceptors (Lipinski definition) is 4. The Morgan fingerprint density at radius 2 is 1.94 bits per heavy atom. The smallest absolute Gasteiger partial charge is 0.236 e. The molecule has 7 heteroatoms. The van der Waals surface area contributed by atoms with Crippen molar-refractivity contribution in [3.8, 4) is 5.75 Å². The molecule has 0 bridgehead atoms. The number of ether oxygens (including phenoxy) is 1. The van der Waals surface area contributed by atoms with Gasteiger partial charge in [0.25, 0.3) is 0 Å². The third-order valence-electron chi connectivity index (χ3n) is 1.71. The fourth-order valence-corrected chi connectivity index (χ4v) is 1.69. The molecule has 0 saturated heterocycles. The van der Waals surface area contributed by atoms with Crippen LogP contribution in [0.25, 0.3) is 0 Å². The summed E-state index contributed by atoms with van der Waals surface area (Å²) in [7, 11) is -3.50. The van der Waals surface area contributed by atoms with Crippen molar-refractivity contribution >= 4 is 27.5 Å². The third-order valence-corrected chi connectivity index (χ3v) is 2.56. The van der Waals surface area contributed by atoms with Crippen LogP contribution < -0.4 is 9.46 Å². The van der Waals surface area contributed by atoms with E-state index in [1.807, 2.05) is 4.72 Å². The van der Waals surface area contributed by atoms with Crippen LogP contribution >= 0.6 is 11.6 Å². The normalized spacial score (nSPS) is 10.9. The molecule has 0 aliphatic carbocycles. The van der Waals surface area contributed by atoms with Crippen molar-refractivity contribution in [2.75, 3.05) is 12.9 Å². The highest BCUT2D eigenvalue weighted by Crippen LogP contribution is 2.15. The van der Waals surface area contributed by atoms with E-state index in [0.29, 0.717) is 10.8 Å². The van der Waals surface area contributed by atoms with Gasteiger partial charge in [0.1, 0.15) is 5.75 Å². The highest BCUT2D eigenvalue weighted by atomic mass is 35.5. The number of amides is 1. The SMILES string of the molecule is CS(=O)(=O)NC(=O)CCOc1ccc(Cl)cc1. The van der Waals surface area contributed by atoms with E-state index in [0.717, 1.165) is 6.26 Å². The Bertz CT molecular complexity index is 484. The molecule has 1 aromatic rings. The molecule has 0 fully saturated rings. The molecular formula is C10H12ClNO4S. The second-order valence-corrected chi connectivity index (χ2v) is 5.53. The van der Waals surface area contributed by atoms with Gasteiger partial charge >= 0.3 is 0 Å². The minimum absolute atomic E-state index is 0.0320. The Morgan fingerprint density at radius 1 is 1.35 bits per heavy atom. The Kier molecular flexibility index (Phi) is 4.77. The van der Waals surface area contributed by atoms with Crippen molar-refractivity contribution in [2.24, 2.45) is 0 Å². The summed E-state index contributed by atoms with van der Waals surface area (Å²) in [5.74, 6) is -0.0250. The molecule has 0 atom stereocenters. The molecule has 1 rings (SSSR count). The number of carbonyl (C=O) groups excluding carboxylic acids is 1. The van der Waals surface area contributed by atoms with Gasteiger partial charge in [-0.2, -0.15) is 0 Å². The summed E-state index contributed by atoms with van der Waals surface area (Å²) in [5.41, 5.74) is 0. The fourth-order valence-electron chi connectivity index (χ4n) is 1.05. The zero-order valence-electron chi connectivity index (χ0n) is 9.14. The summed E-state index contributed by atoms with van der Waals surface area (Å²) in [5, 5.41) is 0.590. The summed E-state index contributed by atoms with van der Waals surface area (Å²) >= 11 is 5.68. The van der Waals surface area contributed by atoms with Gasteiger partial charge in [-0.1, -0.05) is 11.6 Å². The van der Waals surface area contributed by atoms with Crippen LogP contribution in [0, 0.1) is 0 Å². The minimum Gasteiger partial charge on any atom is -0.493 e. The number of nitrogens with one attached hydrogen (secondary N) is 1. The first-order chi connectivity index (χ1) is 7.87. The van der Waals surface area contributed by atoms with Crippen LogP contribution in [0.5, 0.6) is 5.75 Å². The van der Waals surface area contributed by atoms with E-state index in [9.17, 15) is 13.2 Å². The molecule has 0 radical (unpaired) electrons. The molecule has 1 amide bonds. The van der Waals surface area contributed by atoms with Gasteiger partial charge in [0.2, 0.25) is 15.9 Å². The van der Waals surface area contributed by atoms with E-state index in [1.165, 1.54) is 0 Å². The topological polar surface area (TPSA) is 72.5 Å². The first kappa shape index (κ1) is 13.8. The fraction of sp³-hybridized carbons (Fsp3) is 0.300.